The van der Waals surface area contributed by atoms with Gasteiger partial charge in [0.2, 0.25) is 0 Å². The Morgan fingerprint density at radius 1 is 1.12 bits per heavy atom. The van der Waals surface area contributed by atoms with Gasteiger partial charge < -0.3 is 9.73 Å². The van der Waals surface area contributed by atoms with E-state index in [1.54, 1.807) is 6.26 Å². The van der Waals surface area contributed by atoms with Crippen LogP contribution in [-0.4, -0.2) is 7.05 Å². The highest BCUT2D eigenvalue weighted by atomic mass is 16.3. The van der Waals surface area contributed by atoms with Gasteiger partial charge in [-0.25, -0.2) is 0 Å². The standard InChI is InChI=1S/C15H19NO/c1-3-12-4-6-13(7-5-12)10-15(16-2)14-8-9-17-11-14/h4-9,11,15-16H,3,10H2,1-2H3. The van der Waals surface area contributed by atoms with Crippen LogP contribution in [0.3, 0.4) is 0 Å². The molecule has 0 aliphatic rings. The molecule has 0 amide bonds. The van der Waals surface area contributed by atoms with E-state index in [9.17, 15) is 0 Å². The highest BCUT2D eigenvalue weighted by Gasteiger charge is 2.10. The van der Waals surface area contributed by atoms with E-state index in [0.717, 1.165) is 12.8 Å². The molecule has 2 heteroatoms. The fraction of sp³-hybridized carbons (Fsp3) is 0.333. The molecule has 0 aliphatic carbocycles. The zero-order chi connectivity index (χ0) is 12.1. The molecule has 0 fully saturated rings. The van der Waals surface area contributed by atoms with E-state index in [2.05, 4.69) is 36.5 Å². The fourth-order valence-corrected chi connectivity index (χ4v) is 2.01. The zero-order valence-electron chi connectivity index (χ0n) is 10.4. The van der Waals surface area contributed by atoms with Gasteiger partial charge in [-0.1, -0.05) is 31.2 Å². The van der Waals surface area contributed by atoms with E-state index in [1.165, 1.54) is 16.7 Å². The molecule has 0 radical (unpaired) electrons. The largest absolute Gasteiger partial charge is 0.472 e. The highest BCUT2D eigenvalue weighted by Crippen LogP contribution is 2.18. The molecule has 90 valence electrons. The molecule has 0 bridgehead atoms. The Morgan fingerprint density at radius 2 is 1.82 bits per heavy atom. The molecule has 17 heavy (non-hydrogen) atoms. The second-order valence-corrected chi connectivity index (χ2v) is 4.27. The van der Waals surface area contributed by atoms with Crippen LogP contribution in [0.15, 0.2) is 47.3 Å². The van der Waals surface area contributed by atoms with Crippen molar-refractivity contribution in [3.05, 3.63) is 59.5 Å². The van der Waals surface area contributed by atoms with Crippen LogP contribution in [0.5, 0.6) is 0 Å². The number of benzene rings is 1. The van der Waals surface area contributed by atoms with E-state index in [4.69, 9.17) is 4.42 Å². The van der Waals surface area contributed by atoms with Crippen molar-refractivity contribution >= 4 is 0 Å². The van der Waals surface area contributed by atoms with Crippen molar-refractivity contribution < 1.29 is 4.42 Å². The van der Waals surface area contributed by atoms with Gasteiger partial charge in [-0.3, -0.25) is 0 Å². The Hall–Kier alpha value is -1.54. The minimum Gasteiger partial charge on any atom is -0.472 e. The first kappa shape index (κ1) is 11.9. The summed E-state index contributed by atoms with van der Waals surface area (Å²) >= 11 is 0. The number of likely N-dealkylation sites (N-methyl/N-ethyl adjacent to an activating group) is 1. The average molecular weight is 229 g/mol. The predicted molar refractivity (Wildman–Crippen MR) is 70.0 cm³/mol. The maximum Gasteiger partial charge on any atom is 0.0950 e. The molecule has 0 saturated heterocycles. The van der Waals surface area contributed by atoms with Crippen LogP contribution < -0.4 is 5.32 Å². The number of hydrogen-bond acceptors (Lipinski definition) is 2. The number of hydrogen-bond donors (Lipinski definition) is 1. The van der Waals surface area contributed by atoms with E-state index < -0.39 is 0 Å². The van der Waals surface area contributed by atoms with Gasteiger partial charge in [0.15, 0.2) is 0 Å². The monoisotopic (exact) mass is 229 g/mol. The Kier molecular flexibility index (Phi) is 3.99. The van der Waals surface area contributed by atoms with Crippen molar-refractivity contribution in [3.8, 4) is 0 Å². The maximum absolute atomic E-state index is 5.13. The molecule has 1 unspecified atom stereocenters. The van der Waals surface area contributed by atoms with Crippen LogP contribution in [-0.2, 0) is 12.8 Å². The van der Waals surface area contributed by atoms with E-state index in [0.29, 0.717) is 6.04 Å². The summed E-state index contributed by atoms with van der Waals surface area (Å²) in [4.78, 5) is 0. The van der Waals surface area contributed by atoms with Gasteiger partial charge >= 0.3 is 0 Å². The number of rotatable bonds is 5. The van der Waals surface area contributed by atoms with Gasteiger partial charge in [0, 0.05) is 11.6 Å². The summed E-state index contributed by atoms with van der Waals surface area (Å²) in [6.45, 7) is 2.18. The summed E-state index contributed by atoms with van der Waals surface area (Å²) in [6.07, 6.45) is 5.61. The topological polar surface area (TPSA) is 25.2 Å². The Morgan fingerprint density at radius 3 is 2.35 bits per heavy atom. The predicted octanol–water partition coefficient (Wildman–Crippen LogP) is 3.35. The van der Waals surface area contributed by atoms with Gasteiger partial charge in [-0.2, -0.15) is 0 Å². The molecule has 2 nitrogen and oxygen atoms in total. The lowest BCUT2D eigenvalue weighted by atomic mass is 10.00. The summed E-state index contributed by atoms with van der Waals surface area (Å²) in [5, 5.41) is 3.32. The van der Waals surface area contributed by atoms with Crippen LogP contribution >= 0.6 is 0 Å². The summed E-state index contributed by atoms with van der Waals surface area (Å²) in [6, 6.07) is 11.2. The van der Waals surface area contributed by atoms with E-state index in [1.807, 2.05) is 19.4 Å². The fourth-order valence-electron chi connectivity index (χ4n) is 2.01. The Labute approximate surface area is 103 Å². The van der Waals surface area contributed by atoms with Crippen molar-refractivity contribution in [3.63, 3.8) is 0 Å². The third-order valence-electron chi connectivity index (χ3n) is 3.17. The van der Waals surface area contributed by atoms with Crippen LogP contribution in [0.4, 0.5) is 0 Å². The lowest BCUT2D eigenvalue weighted by molar-refractivity contribution is 0.542. The molecule has 1 aromatic heterocycles. The van der Waals surface area contributed by atoms with Crippen molar-refractivity contribution in [2.75, 3.05) is 7.05 Å². The van der Waals surface area contributed by atoms with Gasteiger partial charge in [-0.05, 0) is 37.1 Å². The third-order valence-corrected chi connectivity index (χ3v) is 3.17. The molecular weight excluding hydrogens is 210 g/mol. The van der Waals surface area contributed by atoms with E-state index in [-0.39, 0.29) is 0 Å². The molecule has 1 atom stereocenters. The summed E-state index contributed by atoms with van der Waals surface area (Å²) in [7, 11) is 1.98. The van der Waals surface area contributed by atoms with Crippen LogP contribution in [0.25, 0.3) is 0 Å². The SMILES string of the molecule is CCc1ccc(CC(NC)c2ccoc2)cc1. The first-order chi connectivity index (χ1) is 8.33. The normalized spacial score (nSPS) is 12.6. The average Bonchev–Trinajstić information content (AvgIpc) is 2.90. The molecule has 0 saturated carbocycles. The maximum atomic E-state index is 5.13. The number of furan rings is 1. The third kappa shape index (κ3) is 2.98. The van der Waals surface area contributed by atoms with Crippen LogP contribution in [0.2, 0.25) is 0 Å². The second-order valence-electron chi connectivity index (χ2n) is 4.27. The van der Waals surface area contributed by atoms with Gasteiger partial charge in [-0.15, -0.1) is 0 Å². The summed E-state index contributed by atoms with van der Waals surface area (Å²) in [5.74, 6) is 0. The molecular formula is C15H19NO. The van der Waals surface area contributed by atoms with Crippen LogP contribution in [0, 0.1) is 0 Å². The Bertz CT molecular complexity index is 430. The Balaban J connectivity index is 2.07. The van der Waals surface area contributed by atoms with Gasteiger partial charge in [0.05, 0.1) is 12.5 Å². The quantitative estimate of drug-likeness (QED) is 0.850. The lowest BCUT2D eigenvalue weighted by Crippen LogP contribution is -2.18. The van der Waals surface area contributed by atoms with Crippen molar-refractivity contribution in [2.24, 2.45) is 0 Å². The molecule has 2 aromatic rings. The lowest BCUT2D eigenvalue weighted by Gasteiger charge is -2.14. The van der Waals surface area contributed by atoms with Crippen molar-refractivity contribution in [1.29, 1.82) is 0 Å². The second kappa shape index (κ2) is 5.69. The van der Waals surface area contributed by atoms with Crippen LogP contribution in [0.1, 0.15) is 29.7 Å². The van der Waals surface area contributed by atoms with E-state index >= 15 is 0 Å². The minimum absolute atomic E-state index is 0.321. The first-order valence-electron chi connectivity index (χ1n) is 6.10. The highest BCUT2D eigenvalue weighted by molar-refractivity contribution is 5.25. The molecule has 0 spiro atoms. The molecule has 1 aromatic carbocycles. The molecule has 2 rings (SSSR count). The zero-order valence-corrected chi connectivity index (χ0v) is 10.4. The number of nitrogens with one attached hydrogen (secondary N) is 1. The first-order valence-corrected chi connectivity index (χ1v) is 6.10. The van der Waals surface area contributed by atoms with Crippen molar-refractivity contribution in [1.82, 2.24) is 5.32 Å². The smallest absolute Gasteiger partial charge is 0.0950 e. The van der Waals surface area contributed by atoms with Gasteiger partial charge in [0.1, 0.15) is 0 Å². The minimum atomic E-state index is 0.321. The molecule has 1 heterocycles. The van der Waals surface area contributed by atoms with Gasteiger partial charge in [0.25, 0.3) is 0 Å². The summed E-state index contributed by atoms with van der Waals surface area (Å²) < 4.78 is 5.13. The molecule has 0 aliphatic heterocycles. The molecule has 1 N–H and O–H groups in total. The number of aryl methyl sites for hydroxylation is 1. The van der Waals surface area contributed by atoms with Crippen molar-refractivity contribution in [2.45, 2.75) is 25.8 Å². The summed E-state index contributed by atoms with van der Waals surface area (Å²) in [5.41, 5.74) is 3.94.